The first-order chi connectivity index (χ1) is 12.2. The topological polar surface area (TPSA) is 37.8 Å². The van der Waals surface area contributed by atoms with Crippen LogP contribution in [0, 0.1) is 5.82 Å². The average molecular weight is 447 g/mol. The molecule has 2 aromatic carbocycles. The second-order valence-corrected chi connectivity index (χ2v) is 6.53. The summed E-state index contributed by atoms with van der Waals surface area (Å²) in [6, 6.07) is 10.3. The number of hydrogen-bond acceptors (Lipinski definition) is 3. The fourth-order valence-electron chi connectivity index (χ4n) is 2.17. The van der Waals surface area contributed by atoms with Crippen LogP contribution in [0.2, 0.25) is 5.15 Å². The highest BCUT2D eigenvalue weighted by atomic mass is 79.9. The highest BCUT2D eigenvalue weighted by Gasteiger charge is 2.30. The Kier molecular flexibility index (Phi) is 5.15. The number of aromatic nitrogens is 2. The van der Waals surface area contributed by atoms with E-state index >= 15 is 0 Å². The van der Waals surface area contributed by atoms with Crippen LogP contribution in [-0.4, -0.2) is 9.97 Å². The molecule has 0 aliphatic rings. The van der Waals surface area contributed by atoms with Crippen LogP contribution >= 0.6 is 27.5 Å². The first-order valence-electron chi connectivity index (χ1n) is 7.17. The van der Waals surface area contributed by atoms with E-state index in [1.807, 2.05) is 0 Å². The number of halogens is 6. The molecule has 0 atom stereocenters. The summed E-state index contributed by atoms with van der Waals surface area (Å²) in [7, 11) is 0. The zero-order valence-corrected chi connectivity index (χ0v) is 15.1. The molecule has 3 aromatic rings. The minimum atomic E-state index is -4.49. The lowest BCUT2D eigenvalue weighted by molar-refractivity contribution is -0.137. The minimum Gasteiger partial charge on any atom is -0.338 e. The Hall–Kier alpha value is -2.19. The maximum absolute atomic E-state index is 14.0. The Labute approximate surface area is 159 Å². The van der Waals surface area contributed by atoms with Gasteiger partial charge in [0.25, 0.3) is 0 Å². The number of nitrogens with zero attached hydrogens (tertiary/aromatic N) is 2. The lowest BCUT2D eigenvalue weighted by atomic mass is 10.1. The molecule has 0 saturated carbocycles. The molecule has 1 heterocycles. The minimum absolute atomic E-state index is 0.00688. The van der Waals surface area contributed by atoms with Crippen LogP contribution in [0.5, 0.6) is 0 Å². The zero-order chi connectivity index (χ0) is 18.9. The smallest absolute Gasteiger partial charge is 0.338 e. The molecule has 0 radical (unpaired) electrons. The molecule has 0 fully saturated rings. The zero-order valence-electron chi connectivity index (χ0n) is 12.8. The molecule has 0 saturated heterocycles. The summed E-state index contributed by atoms with van der Waals surface area (Å²) in [5.74, 6) is -0.392. The summed E-state index contributed by atoms with van der Waals surface area (Å²) in [5, 5.41) is 2.75. The van der Waals surface area contributed by atoms with E-state index in [4.69, 9.17) is 11.6 Å². The van der Waals surface area contributed by atoms with Crippen molar-refractivity contribution >= 4 is 39.0 Å². The molecule has 26 heavy (non-hydrogen) atoms. The van der Waals surface area contributed by atoms with Gasteiger partial charge in [0.1, 0.15) is 16.8 Å². The van der Waals surface area contributed by atoms with Crippen LogP contribution < -0.4 is 5.32 Å². The van der Waals surface area contributed by atoms with Gasteiger partial charge in [-0.3, -0.25) is 0 Å². The van der Waals surface area contributed by atoms with Crippen molar-refractivity contribution in [2.24, 2.45) is 0 Å². The quantitative estimate of drug-likeness (QED) is 0.370. The summed E-state index contributed by atoms with van der Waals surface area (Å²) in [4.78, 5) is 8.08. The second kappa shape index (κ2) is 7.20. The van der Waals surface area contributed by atoms with E-state index < -0.39 is 17.6 Å². The molecule has 0 amide bonds. The summed E-state index contributed by atoms with van der Waals surface area (Å²) >= 11 is 9.10. The van der Waals surface area contributed by atoms with E-state index in [0.29, 0.717) is 4.47 Å². The average Bonchev–Trinajstić information content (AvgIpc) is 2.56. The highest BCUT2D eigenvalue weighted by molar-refractivity contribution is 9.10. The van der Waals surface area contributed by atoms with Crippen LogP contribution in [-0.2, 0) is 6.18 Å². The Morgan fingerprint density at radius 3 is 2.46 bits per heavy atom. The Bertz CT molecular complexity index is 963. The van der Waals surface area contributed by atoms with E-state index in [0.717, 1.165) is 12.1 Å². The summed E-state index contributed by atoms with van der Waals surface area (Å²) in [6.07, 6.45) is -4.49. The first kappa shape index (κ1) is 18.6. The van der Waals surface area contributed by atoms with E-state index in [-0.39, 0.29) is 28.0 Å². The summed E-state index contributed by atoms with van der Waals surface area (Å²) in [6.45, 7) is 0. The monoisotopic (exact) mass is 445 g/mol. The molecule has 3 nitrogen and oxygen atoms in total. The predicted molar refractivity (Wildman–Crippen MR) is 94.9 cm³/mol. The third kappa shape index (κ3) is 4.31. The van der Waals surface area contributed by atoms with E-state index in [2.05, 4.69) is 31.2 Å². The first-order valence-corrected chi connectivity index (χ1v) is 8.34. The van der Waals surface area contributed by atoms with Gasteiger partial charge in [0.05, 0.1) is 11.3 Å². The molecule has 0 spiro atoms. The van der Waals surface area contributed by atoms with Gasteiger partial charge in [0.2, 0.25) is 0 Å². The number of benzene rings is 2. The number of anilines is 2. The van der Waals surface area contributed by atoms with Crippen molar-refractivity contribution in [1.82, 2.24) is 9.97 Å². The molecule has 3 rings (SSSR count). The van der Waals surface area contributed by atoms with Crippen molar-refractivity contribution < 1.29 is 17.6 Å². The number of rotatable bonds is 3. The van der Waals surface area contributed by atoms with E-state index in [1.165, 1.54) is 30.3 Å². The van der Waals surface area contributed by atoms with Crippen molar-refractivity contribution in [1.29, 1.82) is 0 Å². The predicted octanol–water partition coefficient (Wildman–Crippen LogP) is 6.46. The highest BCUT2D eigenvalue weighted by Crippen LogP contribution is 2.32. The molecule has 0 bridgehead atoms. The van der Waals surface area contributed by atoms with Crippen molar-refractivity contribution in [2.45, 2.75) is 6.18 Å². The van der Waals surface area contributed by atoms with Gasteiger partial charge in [-0.15, -0.1) is 0 Å². The van der Waals surface area contributed by atoms with E-state index in [1.54, 1.807) is 6.07 Å². The van der Waals surface area contributed by atoms with Crippen molar-refractivity contribution in [3.05, 3.63) is 69.5 Å². The summed E-state index contributed by atoms with van der Waals surface area (Å²) < 4.78 is 53.2. The molecule has 0 aliphatic heterocycles. The van der Waals surface area contributed by atoms with Crippen LogP contribution in [0.25, 0.3) is 11.4 Å². The molecule has 9 heteroatoms. The lowest BCUT2D eigenvalue weighted by Crippen LogP contribution is -2.05. The molecular formula is C17H9BrClF4N3. The van der Waals surface area contributed by atoms with Crippen molar-refractivity contribution in [3.8, 4) is 11.4 Å². The Morgan fingerprint density at radius 1 is 1.00 bits per heavy atom. The maximum atomic E-state index is 14.0. The Morgan fingerprint density at radius 2 is 1.77 bits per heavy atom. The maximum Gasteiger partial charge on any atom is 0.416 e. The van der Waals surface area contributed by atoms with Crippen LogP contribution in [0.3, 0.4) is 0 Å². The second-order valence-electron chi connectivity index (χ2n) is 5.23. The fraction of sp³-hybridized carbons (Fsp3) is 0.0588. The lowest BCUT2D eigenvalue weighted by Gasteiger charge is -2.11. The largest absolute Gasteiger partial charge is 0.416 e. The third-order valence-electron chi connectivity index (χ3n) is 3.34. The number of hydrogen-bond donors (Lipinski definition) is 1. The molecule has 1 N–H and O–H groups in total. The SMILES string of the molecule is Fc1cc(Br)ccc1Nc1cc(Cl)nc(-c2cccc(C(F)(F)F)c2)n1. The van der Waals surface area contributed by atoms with Gasteiger partial charge in [-0.05, 0) is 30.3 Å². The summed E-state index contributed by atoms with van der Waals surface area (Å²) in [5.41, 5.74) is -0.549. The van der Waals surface area contributed by atoms with Gasteiger partial charge in [0.15, 0.2) is 5.82 Å². The molecular weight excluding hydrogens is 438 g/mol. The van der Waals surface area contributed by atoms with Gasteiger partial charge >= 0.3 is 6.18 Å². The van der Waals surface area contributed by atoms with Gasteiger partial charge < -0.3 is 5.32 Å². The van der Waals surface area contributed by atoms with Gasteiger partial charge in [0, 0.05) is 16.1 Å². The Balaban J connectivity index is 1.98. The van der Waals surface area contributed by atoms with Gasteiger partial charge in [-0.25, -0.2) is 14.4 Å². The fourth-order valence-corrected chi connectivity index (χ4v) is 2.69. The van der Waals surface area contributed by atoms with Crippen molar-refractivity contribution in [2.75, 3.05) is 5.32 Å². The third-order valence-corrected chi connectivity index (χ3v) is 4.02. The van der Waals surface area contributed by atoms with Crippen LogP contribution in [0.15, 0.2) is 53.0 Å². The van der Waals surface area contributed by atoms with Crippen LogP contribution in [0.4, 0.5) is 29.1 Å². The molecule has 1 aromatic heterocycles. The van der Waals surface area contributed by atoms with Crippen LogP contribution in [0.1, 0.15) is 5.56 Å². The normalized spacial score (nSPS) is 11.5. The van der Waals surface area contributed by atoms with Crippen molar-refractivity contribution in [3.63, 3.8) is 0 Å². The standard InChI is InChI=1S/C17H9BrClF4N3/c18-11-4-5-13(12(20)7-11)24-15-8-14(19)25-16(26-15)9-2-1-3-10(6-9)17(21,22)23/h1-8H,(H,24,25,26). The van der Waals surface area contributed by atoms with Gasteiger partial charge in [-0.1, -0.05) is 39.7 Å². The molecule has 0 aliphatic carbocycles. The number of nitrogens with one attached hydrogen (secondary N) is 1. The molecule has 0 unspecified atom stereocenters. The van der Waals surface area contributed by atoms with Gasteiger partial charge in [-0.2, -0.15) is 13.2 Å². The van der Waals surface area contributed by atoms with E-state index in [9.17, 15) is 17.6 Å². The number of alkyl halides is 3. The molecule has 134 valence electrons.